The third-order valence-corrected chi connectivity index (χ3v) is 4.91. The maximum absolute atomic E-state index is 12.7. The topological polar surface area (TPSA) is 113 Å². The second-order valence-electron chi connectivity index (χ2n) is 7.04. The van der Waals surface area contributed by atoms with Crippen LogP contribution < -0.4 is 11.1 Å². The van der Waals surface area contributed by atoms with Crippen LogP contribution in [-0.4, -0.2) is 46.4 Å². The Bertz CT molecular complexity index is 660. The van der Waals surface area contributed by atoms with Crippen LogP contribution in [0.3, 0.4) is 0 Å². The Labute approximate surface area is 159 Å². The number of hydrogen-bond donors (Lipinski definition) is 3. The number of likely N-dealkylation sites (tertiary alicyclic amines) is 1. The Kier molecular flexibility index (Phi) is 7.64. The van der Waals surface area contributed by atoms with Crippen LogP contribution in [0.2, 0.25) is 0 Å². The number of benzene rings is 1. The van der Waals surface area contributed by atoms with Crippen LogP contribution in [0.5, 0.6) is 5.75 Å². The van der Waals surface area contributed by atoms with Gasteiger partial charge in [0.2, 0.25) is 17.7 Å². The van der Waals surface area contributed by atoms with Crippen LogP contribution in [0.15, 0.2) is 24.3 Å². The summed E-state index contributed by atoms with van der Waals surface area (Å²) in [6, 6.07) is 4.99. The average molecular weight is 375 g/mol. The van der Waals surface area contributed by atoms with Crippen LogP contribution in [0.4, 0.5) is 0 Å². The molecule has 1 unspecified atom stereocenters. The van der Waals surface area contributed by atoms with E-state index in [1.807, 2.05) is 0 Å². The van der Waals surface area contributed by atoms with Gasteiger partial charge in [0.05, 0.1) is 0 Å². The number of carbonyl (C=O) groups is 3. The first kappa shape index (κ1) is 20.7. The van der Waals surface area contributed by atoms with E-state index in [4.69, 9.17) is 5.73 Å². The summed E-state index contributed by atoms with van der Waals surface area (Å²) in [5, 5.41) is 12.1. The lowest BCUT2D eigenvalue weighted by atomic mass is 10.0. The normalized spacial score (nSPS) is 17.5. The van der Waals surface area contributed by atoms with E-state index in [0.29, 0.717) is 19.4 Å². The highest BCUT2D eigenvalue weighted by Gasteiger charge is 2.35. The fraction of sp³-hybridized carbons (Fsp3) is 0.550. The van der Waals surface area contributed by atoms with Crippen molar-refractivity contribution in [2.24, 2.45) is 5.73 Å². The number of hydrogen-bond acceptors (Lipinski definition) is 4. The van der Waals surface area contributed by atoms with Gasteiger partial charge in [-0.15, -0.1) is 0 Å². The molecule has 0 radical (unpaired) electrons. The zero-order chi connectivity index (χ0) is 19.8. The van der Waals surface area contributed by atoms with Gasteiger partial charge >= 0.3 is 0 Å². The number of carbonyl (C=O) groups excluding carboxylic acids is 3. The van der Waals surface area contributed by atoms with Crippen LogP contribution >= 0.6 is 0 Å². The molecule has 0 aromatic heterocycles. The summed E-state index contributed by atoms with van der Waals surface area (Å²) in [5.41, 5.74) is 6.23. The van der Waals surface area contributed by atoms with Gasteiger partial charge in [0.1, 0.15) is 17.8 Å². The Morgan fingerprint density at radius 1 is 1.26 bits per heavy atom. The van der Waals surface area contributed by atoms with Crippen molar-refractivity contribution in [1.82, 2.24) is 10.2 Å². The van der Waals surface area contributed by atoms with E-state index >= 15 is 0 Å². The number of primary amides is 1. The second kappa shape index (κ2) is 9.94. The molecule has 1 saturated heterocycles. The van der Waals surface area contributed by atoms with E-state index in [1.165, 1.54) is 12.1 Å². The van der Waals surface area contributed by atoms with Gasteiger partial charge in [0, 0.05) is 19.4 Å². The number of nitrogens with zero attached hydrogens (tertiary/aromatic N) is 1. The SMILES string of the molecule is CCCCCC(=O)N1CCC[C@@H]1C(=O)NC(Cc1ccc(O)cc1)C(N)=O. The van der Waals surface area contributed by atoms with E-state index in [2.05, 4.69) is 12.2 Å². The van der Waals surface area contributed by atoms with E-state index in [1.54, 1.807) is 17.0 Å². The average Bonchev–Trinajstić information content (AvgIpc) is 3.13. The molecule has 0 aliphatic carbocycles. The zero-order valence-corrected chi connectivity index (χ0v) is 15.8. The fourth-order valence-electron chi connectivity index (χ4n) is 3.37. The summed E-state index contributed by atoms with van der Waals surface area (Å²) < 4.78 is 0. The number of aromatic hydroxyl groups is 1. The summed E-state index contributed by atoms with van der Waals surface area (Å²) in [6.45, 7) is 2.65. The molecular weight excluding hydrogens is 346 g/mol. The Hall–Kier alpha value is -2.57. The number of rotatable bonds is 9. The lowest BCUT2D eigenvalue weighted by Crippen LogP contribution is -2.53. The summed E-state index contributed by atoms with van der Waals surface area (Å²) in [6.07, 6.45) is 4.91. The molecule has 1 aliphatic heterocycles. The van der Waals surface area contributed by atoms with Crippen LogP contribution in [0, 0.1) is 0 Å². The van der Waals surface area contributed by atoms with Crippen molar-refractivity contribution in [2.45, 2.75) is 64.0 Å². The van der Waals surface area contributed by atoms with Gasteiger partial charge in [0.15, 0.2) is 0 Å². The van der Waals surface area contributed by atoms with Crippen molar-refractivity contribution in [2.75, 3.05) is 6.54 Å². The molecule has 2 atom stereocenters. The van der Waals surface area contributed by atoms with Crippen molar-refractivity contribution in [3.05, 3.63) is 29.8 Å². The smallest absolute Gasteiger partial charge is 0.243 e. The summed E-state index contributed by atoms with van der Waals surface area (Å²) >= 11 is 0. The molecule has 148 valence electrons. The first-order valence-electron chi connectivity index (χ1n) is 9.59. The van der Waals surface area contributed by atoms with E-state index in [-0.39, 0.29) is 24.0 Å². The van der Waals surface area contributed by atoms with E-state index in [9.17, 15) is 19.5 Å². The van der Waals surface area contributed by atoms with Crippen molar-refractivity contribution in [3.63, 3.8) is 0 Å². The molecule has 1 aromatic carbocycles. The molecule has 1 aliphatic rings. The lowest BCUT2D eigenvalue weighted by Gasteiger charge is -2.26. The number of phenols is 1. The minimum atomic E-state index is -0.861. The maximum atomic E-state index is 12.7. The summed E-state index contributed by atoms with van der Waals surface area (Å²) in [7, 11) is 0. The molecular formula is C20H29N3O4. The molecule has 1 aromatic rings. The van der Waals surface area contributed by atoms with Crippen molar-refractivity contribution in [3.8, 4) is 5.75 Å². The highest BCUT2D eigenvalue weighted by atomic mass is 16.3. The number of nitrogens with one attached hydrogen (secondary N) is 1. The van der Waals surface area contributed by atoms with E-state index < -0.39 is 18.0 Å². The first-order chi connectivity index (χ1) is 12.9. The molecule has 0 bridgehead atoms. The molecule has 27 heavy (non-hydrogen) atoms. The lowest BCUT2D eigenvalue weighted by molar-refractivity contribution is -0.139. The molecule has 2 rings (SSSR count). The molecule has 4 N–H and O–H groups in total. The Morgan fingerprint density at radius 2 is 1.96 bits per heavy atom. The fourth-order valence-corrected chi connectivity index (χ4v) is 3.37. The summed E-state index contributed by atoms with van der Waals surface area (Å²) in [5.74, 6) is -0.842. The van der Waals surface area contributed by atoms with Crippen molar-refractivity contribution < 1.29 is 19.5 Å². The van der Waals surface area contributed by atoms with Gasteiger partial charge in [0.25, 0.3) is 0 Å². The van der Waals surface area contributed by atoms with Gasteiger partial charge in [-0.3, -0.25) is 14.4 Å². The second-order valence-corrected chi connectivity index (χ2v) is 7.04. The van der Waals surface area contributed by atoms with Gasteiger partial charge in [-0.1, -0.05) is 31.9 Å². The van der Waals surface area contributed by atoms with Gasteiger partial charge in [-0.25, -0.2) is 0 Å². The summed E-state index contributed by atoms with van der Waals surface area (Å²) in [4.78, 5) is 38.5. The molecule has 7 nitrogen and oxygen atoms in total. The number of amides is 3. The molecule has 0 spiro atoms. The van der Waals surface area contributed by atoms with Crippen LogP contribution in [-0.2, 0) is 20.8 Å². The Balaban J connectivity index is 1.98. The third kappa shape index (κ3) is 5.98. The van der Waals surface area contributed by atoms with Crippen LogP contribution in [0.1, 0.15) is 51.0 Å². The predicted octanol–water partition coefficient (Wildman–Crippen LogP) is 1.48. The molecule has 3 amide bonds. The number of phenolic OH excluding ortho intramolecular Hbond substituents is 1. The minimum absolute atomic E-state index is 0.00439. The third-order valence-electron chi connectivity index (χ3n) is 4.91. The number of unbranched alkanes of at least 4 members (excludes halogenated alkanes) is 2. The highest BCUT2D eigenvalue weighted by Crippen LogP contribution is 2.20. The minimum Gasteiger partial charge on any atom is -0.508 e. The molecule has 7 heteroatoms. The monoisotopic (exact) mass is 375 g/mol. The van der Waals surface area contributed by atoms with Crippen molar-refractivity contribution in [1.29, 1.82) is 0 Å². The first-order valence-corrected chi connectivity index (χ1v) is 9.59. The van der Waals surface area contributed by atoms with Crippen molar-refractivity contribution >= 4 is 17.7 Å². The predicted molar refractivity (Wildman–Crippen MR) is 102 cm³/mol. The quantitative estimate of drug-likeness (QED) is 0.567. The van der Waals surface area contributed by atoms with Gasteiger partial charge in [-0.2, -0.15) is 0 Å². The van der Waals surface area contributed by atoms with Crippen LogP contribution in [0.25, 0.3) is 0 Å². The Morgan fingerprint density at radius 3 is 2.59 bits per heavy atom. The largest absolute Gasteiger partial charge is 0.508 e. The van der Waals surface area contributed by atoms with E-state index in [0.717, 1.165) is 31.2 Å². The molecule has 1 heterocycles. The molecule has 1 fully saturated rings. The standard InChI is InChI=1S/C20H29N3O4/c1-2-3-4-7-18(25)23-12-5-6-17(23)20(27)22-16(19(21)26)13-14-8-10-15(24)11-9-14/h8-11,16-17,24H,2-7,12-13H2,1H3,(H2,21,26)(H,22,27)/t16?,17-/m1/s1. The zero-order valence-electron chi connectivity index (χ0n) is 15.8. The molecule has 0 saturated carbocycles. The highest BCUT2D eigenvalue weighted by molar-refractivity contribution is 5.92. The van der Waals surface area contributed by atoms with Gasteiger partial charge < -0.3 is 21.1 Å². The maximum Gasteiger partial charge on any atom is 0.243 e. The number of nitrogens with two attached hydrogens (primary N) is 1. The van der Waals surface area contributed by atoms with Gasteiger partial charge in [-0.05, 0) is 37.0 Å².